The Morgan fingerprint density at radius 1 is 1.33 bits per heavy atom. The summed E-state index contributed by atoms with van der Waals surface area (Å²) >= 11 is 0. The molecule has 0 aliphatic heterocycles. The molecular weight excluding hydrogens is 212 g/mol. The quantitative estimate of drug-likeness (QED) is 0.672. The first-order valence-electron chi connectivity index (χ1n) is 5.34. The van der Waals surface area contributed by atoms with Crippen molar-refractivity contribution in [1.82, 2.24) is 10.6 Å². The highest BCUT2D eigenvalue weighted by atomic mass is 32.2. The lowest BCUT2D eigenvalue weighted by Gasteiger charge is -2.25. The molecule has 0 aromatic heterocycles. The fourth-order valence-corrected chi connectivity index (χ4v) is 1.33. The van der Waals surface area contributed by atoms with Gasteiger partial charge in [0.2, 0.25) is 0 Å². The molecule has 0 radical (unpaired) electrons. The van der Waals surface area contributed by atoms with E-state index >= 15 is 0 Å². The van der Waals surface area contributed by atoms with Crippen LogP contribution in [-0.2, 0) is 9.84 Å². The highest BCUT2D eigenvalue weighted by Crippen LogP contribution is 2.13. The fraction of sp³-hybridized carbons (Fsp3) is 1.00. The predicted octanol–water partition coefficient (Wildman–Crippen LogP) is 0.397. The van der Waals surface area contributed by atoms with Gasteiger partial charge in [-0.3, -0.25) is 0 Å². The molecule has 0 fully saturated rings. The SMILES string of the molecule is CCNCC(C)NCC(C)(C)S(C)(=O)=O. The van der Waals surface area contributed by atoms with Crippen LogP contribution in [0.4, 0.5) is 0 Å². The molecule has 0 aliphatic rings. The summed E-state index contributed by atoms with van der Waals surface area (Å²) in [6, 6.07) is 0.283. The van der Waals surface area contributed by atoms with E-state index in [1.54, 1.807) is 13.8 Å². The van der Waals surface area contributed by atoms with Gasteiger partial charge in [0.15, 0.2) is 9.84 Å². The summed E-state index contributed by atoms with van der Waals surface area (Å²) in [6.07, 6.45) is 1.28. The van der Waals surface area contributed by atoms with Crippen molar-refractivity contribution < 1.29 is 8.42 Å². The van der Waals surface area contributed by atoms with Gasteiger partial charge < -0.3 is 10.6 Å². The van der Waals surface area contributed by atoms with Gasteiger partial charge in [-0.05, 0) is 27.3 Å². The zero-order chi connectivity index (χ0) is 12.1. The Balaban J connectivity index is 4.05. The summed E-state index contributed by atoms with van der Waals surface area (Å²) in [4.78, 5) is 0. The van der Waals surface area contributed by atoms with Crippen molar-refractivity contribution in [3.8, 4) is 0 Å². The molecule has 1 atom stereocenters. The lowest BCUT2D eigenvalue weighted by Crippen LogP contribution is -2.47. The monoisotopic (exact) mass is 236 g/mol. The van der Waals surface area contributed by atoms with Crippen LogP contribution in [0.2, 0.25) is 0 Å². The molecule has 2 N–H and O–H groups in total. The van der Waals surface area contributed by atoms with Gasteiger partial charge in [0.25, 0.3) is 0 Å². The molecule has 0 aromatic carbocycles. The largest absolute Gasteiger partial charge is 0.315 e. The molecule has 92 valence electrons. The Hall–Kier alpha value is -0.130. The summed E-state index contributed by atoms with van der Waals surface area (Å²) < 4.78 is 22.1. The van der Waals surface area contributed by atoms with E-state index in [1.807, 2.05) is 13.8 Å². The summed E-state index contributed by atoms with van der Waals surface area (Å²) in [5, 5.41) is 6.43. The maximum atomic E-state index is 11.4. The second-order valence-corrected chi connectivity index (χ2v) is 7.27. The van der Waals surface area contributed by atoms with E-state index in [1.165, 1.54) is 6.26 Å². The summed E-state index contributed by atoms with van der Waals surface area (Å²) in [5.41, 5.74) is 0. The molecule has 0 saturated carbocycles. The van der Waals surface area contributed by atoms with Crippen LogP contribution in [0.5, 0.6) is 0 Å². The lowest BCUT2D eigenvalue weighted by molar-refractivity contribution is 0.463. The van der Waals surface area contributed by atoms with Gasteiger partial charge in [-0.1, -0.05) is 6.92 Å². The van der Waals surface area contributed by atoms with E-state index in [0.29, 0.717) is 6.54 Å². The van der Waals surface area contributed by atoms with Gasteiger partial charge in [0.1, 0.15) is 0 Å². The third kappa shape index (κ3) is 5.49. The lowest BCUT2D eigenvalue weighted by atomic mass is 10.2. The van der Waals surface area contributed by atoms with Crippen LogP contribution in [0.15, 0.2) is 0 Å². The minimum atomic E-state index is -3.00. The predicted molar refractivity (Wildman–Crippen MR) is 64.9 cm³/mol. The Kier molecular flexibility index (Phi) is 5.77. The topological polar surface area (TPSA) is 58.2 Å². The van der Waals surface area contributed by atoms with Gasteiger partial charge >= 0.3 is 0 Å². The second-order valence-electron chi connectivity index (χ2n) is 4.62. The van der Waals surface area contributed by atoms with Crippen LogP contribution in [0.1, 0.15) is 27.7 Å². The van der Waals surface area contributed by atoms with Gasteiger partial charge in [-0.25, -0.2) is 8.42 Å². The maximum Gasteiger partial charge on any atom is 0.153 e. The Morgan fingerprint density at radius 2 is 1.87 bits per heavy atom. The van der Waals surface area contributed by atoms with E-state index in [2.05, 4.69) is 10.6 Å². The third-order valence-corrected chi connectivity index (χ3v) is 4.73. The Labute approximate surface area is 93.7 Å². The van der Waals surface area contributed by atoms with Crippen LogP contribution in [-0.4, -0.2) is 45.1 Å². The zero-order valence-corrected chi connectivity index (χ0v) is 11.2. The molecule has 0 rings (SSSR count). The molecule has 1 unspecified atom stereocenters. The number of hydrogen-bond acceptors (Lipinski definition) is 4. The smallest absolute Gasteiger partial charge is 0.153 e. The van der Waals surface area contributed by atoms with Crippen molar-refractivity contribution in [2.75, 3.05) is 25.9 Å². The standard InChI is InChI=1S/C10H24N2O2S/c1-6-11-7-9(2)12-8-10(3,4)15(5,13)14/h9,11-12H,6-8H2,1-5H3. The first kappa shape index (κ1) is 14.9. The first-order valence-corrected chi connectivity index (χ1v) is 7.23. The molecule has 0 saturated heterocycles. The number of rotatable bonds is 7. The van der Waals surface area contributed by atoms with Gasteiger partial charge in [-0.2, -0.15) is 0 Å². The van der Waals surface area contributed by atoms with E-state index in [-0.39, 0.29) is 6.04 Å². The molecular formula is C10H24N2O2S. The Bertz CT molecular complexity index is 273. The van der Waals surface area contributed by atoms with Crippen LogP contribution in [0.3, 0.4) is 0 Å². The van der Waals surface area contributed by atoms with E-state index in [9.17, 15) is 8.42 Å². The molecule has 0 aromatic rings. The summed E-state index contributed by atoms with van der Waals surface area (Å²) in [7, 11) is -3.00. The fourth-order valence-electron chi connectivity index (χ4n) is 0.984. The molecule has 5 heteroatoms. The average Bonchev–Trinajstić information content (AvgIpc) is 2.09. The van der Waals surface area contributed by atoms with Gasteiger partial charge in [-0.15, -0.1) is 0 Å². The van der Waals surface area contributed by atoms with Crippen LogP contribution in [0.25, 0.3) is 0 Å². The molecule has 0 bridgehead atoms. The number of likely N-dealkylation sites (N-methyl/N-ethyl adjacent to an activating group) is 1. The van der Waals surface area contributed by atoms with Crippen LogP contribution >= 0.6 is 0 Å². The zero-order valence-electron chi connectivity index (χ0n) is 10.4. The Morgan fingerprint density at radius 3 is 2.27 bits per heavy atom. The molecule has 15 heavy (non-hydrogen) atoms. The van der Waals surface area contributed by atoms with Crippen molar-refractivity contribution in [2.45, 2.75) is 38.5 Å². The van der Waals surface area contributed by atoms with Crippen molar-refractivity contribution >= 4 is 9.84 Å². The normalized spacial score (nSPS) is 15.3. The van der Waals surface area contributed by atoms with E-state index in [4.69, 9.17) is 0 Å². The highest BCUT2D eigenvalue weighted by Gasteiger charge is 2.29. The molecule has 0 amide bonds. The van der Waals surface area contributed by atoms with Gasteiger partial charge in [0.05, 0.1) is 4.75 Å². The van der Waals surface area contributed by atoms with Crippen molar-refractivity contribution in [2.24, 2.45) is 0 Å². The van der Waals surface area contributed by atoms with E-state index in [0.717, 1.165) is 13.1 Å². The number of nitrogens with one attached hydrogen (secondary N) is 2. The van der Waals surface area contributed by atoms with Gasteiger partial charge in [0, 0.05) is 25.4 Å². The number of hydrogen-bond donors (Lipinski definition) is 2. The minimum Gasteiger partial charge on any atom is -0.315 e. The van der Waals surface area contributed by atoms with Crippen molar-refractivity contribution in [3.63, 3.8) is 0 Å². The van der Waals surface area contributed by atoms with Crippen molar-refractivity contribution in [3.05, 3.63) is 0 Å². The second kappa shape index (κ2) is 5.82. The molecule has 4 nitrogen and oxygen atoms in total. The summed E-state index contributed by atoms with van der Waals surface area (Å²) in [5.74, 6) is 0. The van der Waals surface area contributed by atoms with Crippen LogP contribution in [0, 0.1) is 0 Å². The number of sulfone groups is 1. The van der Waals surface area contributed by atoms with Crippen LogP contribution < -0.4 is 10.6 Å². The summed E-state index contributed by atoms with van der Waals surface area (Å²) in [6.45, 7) is 9.86. The highest BCUT2D eigenvalue weighted by molar-refractivity contribution is 7.92. The molecule has 0 aliphatic carbocycles. The van der Waals surface area contributed by atoms with Crippen molar-refractivity contribution in [1.29, 1.82) is 0 Å². The molecule has 0 heterocycles. The minimum absolute atomic E-state index is 0.283. The van der Waals surface area contributed by atoms with E-state index < -0.39 is 14.6 Å². The third-order valence-electron chi connectivity index (χ3n) is 2.58. The first-order chi connectivity index (χ1) is 6.70. The average molecular weight is 236 g/mol. The maximum absolute atomic E-state index is 11.4. The molecule has 0 spiro atoms.